The lowest BCUT2D eigenvalue weighted by Crippen LogP contribution is -2.29. The fourth-order valence-electron chi connectivity index (χ4n) is 4.45. The van der Waals surface area contributed by atoms with Gasteiger partial charge in [-0.3, -0.25) is 4.79 Å². The number of rotatable bonds is 10. The van der Waals surface area contributed by atoms with Crippen LogP contribution in [0.5, 0.6) is 5.75 Å². The van der Waals surface area contributed by atoms with E-state index >= 15 is 0 Å². The van der Waals surface area contributed by atoms with Crippen molar-refractivity contribution >= 4 is 5.91 Å². The van der Waals surface area contributed by atoms with Crippen molar-refractivity contribution in [2.75, 3.05) is 7.11 Å². The van der Waals surface area contributed by atoms with E-state index in [0.717, 1.165) is 34.7 Å². The number of hydrogen-bond donors (Lipinski definition) is 1. The summed E-state index contributed by atoms with van der Waals surface area (Å²) >= 11 is 0. The summed E-state index contributed by atoms with van der Waals surface area (Å²) in [6.45, 7) is 6.88. The molecule has 1 N–H and O–H groups in total. The van der Waals surface area contributed by atoms with Crippen LogP contribution >= 0.6 is 0 Å². The third-order valence-corrected chi connectivity index (χ3v) is 6.54. The third kappa shape index (κ3) is 5.51. The highest BCUT2D eigenvalue weighted by Crippen LogP contribution is 2.31. The normalized spacial score (nSPS) is 11.8. The SMILES string of the molecule is CCCCc1ccc(-c2nc(-c3ccccc3)n(CC)c2C(=O)N[C@@H](C)c2ccc(OC)cc2)cc1. The predicted molar refractivity (Wildman–Crippen MR) is 146 cm³/mol. The Labute approximate surface area is 214 Å². The largest absolute Gasteiger partial charge is 0.497 e. The maximum absolute atomic E-state index is 13.8. The monoisotopic (exact) mass is 481 g/mol. The molecule has 5 nitrogen and oxygen atoms in total. The molecule has 0 fully saturated rings. The zero-order valence-electron chi connectivity index (χ0n) is 21.6. The Morgan fingerprint density at radius 2 is 1.64 bits per heavy atom. The van der Waals surface area contributed by atoms with E-state index in [0.29, 0.717) is 17.9 Å². The van der Waals surface area contributed by atoms with Gasteiger partial charge in [-0.25, -0.2) is 4.98 Å². The summed E-state index contributed by atoms with van der Waals surface area (Å²) in [6.07, 6.45) is 3.39. The fourth-order valence-corrected chi connectivity index (χ4v) is 4.45. The van der Waals surface area contributed by atoms with Crippen molar-refractivity contribution in [3.63, 3.8) is 0 Å². The van der Waals surface area contributed by atoms with Crippen molar-refractivity contribution in [2.24, 2.45) is 0 Å². The van der Waals surface area contributed by atoms with E-state index in [9.17, 15) is 4.79 Å². The summed E-state index contributed by atoms with van der Waals surface area (Å²) < 4.78 is 7.29. The number of nitrogens with zero attached hydrogens (tertiary/aromatic N) is 2. The number of methoxy groups -OCH3 is 1. The number of nitrogens with one attached hydrogen (secondary N) is 1. The number of benzene rings is 3. The van der Waals surface area contributed by atoms with Crippen molar-refractivity contribution < 1.29 is 9.53 Å². The molecule has 0 saturated heterocycles. The van der Waals surface area contributed by atoms with Gasteiger partial charge < -0.3 is 14.6 Å². The van der Waals surface area contributed by atoms with Crippen molar-refractivity contribution in [1.29, 1.82) is 0 Å². The summed E-state index contributed by atoms with van der Waals surface area (Å²) in [4.78, 5) is 18.8. The van der Waals surface area contributed by atoms with Crippen LogP contribution in [0.2, 0.25) is 0 Å². The molecule has 0 aliphatic carbocycles. The predicted octanol–water partition coefficient (Wildman–Crippen LogP) is 7.08. The van der Waals surface area contributed by atoms with Crippen LogP contribution in [-0.4, -0.2) is 22.6 Å². The number of unbranched alkanes of at least 4 members (excludes halogenated alkanes) is 1. The quantitative estimate of drug-likeness (QED) is 0.263. The van der Waals surface area contributed by atoms with Crippen LogP contribution in [0, 0.1) is 0 Å². The number of carbonyl (C=O) groups is 1. The maximum atomic E-state index is 13.8. The van der Waals surface area contributed by atoms with Crippen LogP contribution in [0.25, 0.3) is 22.6 Å². The van der Waals surface area contributed by atoms with Gasteiger partial charge in [0.25, 0.3) is 5.91 Å². The highest BCUT2D eigenvalue weighted by molar-refractivity contribution is 5.99. The van der Waals surface area contributed by atoms with Gasteiger partial charge >= 0.3 is 0 Å². The second kappa shape index (κ2) is 11.7. The van der Waals surface area contributed by atoms with Gasteiger partial charge in [-0.1, -0.05) is 80.1 Å². The number of carbonyl (C=O) groups excluding carboxylic acids is 1. The van der Waals surface area contributed by atoms with E-state index in [-0.39, 0.29) is 11.9 Å². The highest BCUT2D eigenvalue weighted by atomic mass is 16.5. The Balaban J connectivity index is 1.73. The minimum atomic E-state index is -0.173. The number of amides is 1. The van der Waals surface area contributed by atoms with Crippen molar-refractivity contribution in [1.82, 2.24) is 14.9 Å². The Kier molecular flexibility index (Phi) is 8.21. The van der Waals surface area contributed by atoms with Gasteiger partial charge in [0, 0.05) is 17.7 Å². The Hall–Kier alpha value is -3.86. The molecule has 186 valence electrons. The van der Waals surface area contributed by atoms with Crippen LogP contribution in [-0.2, 0) is 13.0 Å². The first-order valence-electron chi connectivity index (χ1n) is 12.8. The minimum absolute atomic E-state index is 0.139. The van der Waals surface area contributed by atoms with Crippen molar-refractivity contribution in [3.8, 4) is 28.4 Å². The molecular weight excluding hydrogens is 446 g/mol. The first-order chi connectivity index (χ1) is 17.5. The van der Waals surface area contributed by atoms with E-state index in [1.807, 2.05) is 66.1 Å². The average molecular weight is 482 g/mol. The zero-order chi connectivity index (χ0) is 25.5. The number of aryl methyl sites for hydroxylation is 1. The molecular formula is C31H35N3O2. The number of aromatic nitrogens is 2. The van der Waals surface area contributed by atoms with E-state index in [2.05, 4.69) is 43.4 Å². The molecule has 0 saturated carbocycles. The molecule has 36 heavy (non-hydrogen) atoms. The third-order valence-electron chi connectivity index (χ3n) is 6.54. The zero-order valence-corrected chi connectivity index (χ0v) is 21.6. The van der Waals surface area contributed by atoms with Crippen LogP contribution in [0.15, 0.2) is 78.9 Å². The van der Waals surface area contributed by atoms with E-state index < -0.39 is 0 Å². The fraction of sp³-hybridized carbons (Fsp3) is 0.290. The van der Waals surface area contributed by atoms with Gasteiger partial charge in [0.15, 0.2) is 0 Å². The summed E-state index contributed by atoms with van der Waals surface area (Å²) in [6, 6.07) is 26.1. The van der Waals surface area contributed by atoms with E-state index in [1.165, 1.54) is 18.4 Å². The molecule has 4 rings (SSSR count). The number of imidazole rings is 1. The van der Waals surface area contributed by atoms with Crippen LogP contribution in [0.1, 0.15) is 61.3 Å². The van der Waals surface area contributed by atoms with Crippen LogP contribution in [0.3, 0.4) is 0 Å². The van der Waals surface area contributed by atoms with Crippen LogP contribution in [0.4, 0.5) is 0 Å². The van der Waals surface area contributed by atoms with Crippen LogP contribution < -0.4 is 10.1 Å². The average Bonchev–Trinajstić information content (AvgIpc) is 3.32. The van der Waals surface area contributed by atoms with E-state index in [1.54, 1.807) is 7.11 Å². The second-order valence-electron chi connectivity index (χ2n) is 9.01. The van der Waals surface area contributed by atoms with Gasteiger partial charge in [0.05, 0.1) is 13.2 Å². The topological polar surface area (TPSA) is 56.2 Å². The lowest BCUT2D eigenvalue weighted by Gasteiger charge is -2.17. The first-order valence-corrected chi connectivity index (χ1v) is 12.8. The molecule has 1 atom stereocenters. The van der Waals surface area contributed by atoms with Crippen molar-refractivity contribution in [2.45, 2.75) is 52.6 Å². The molecule has 4 aromatic rings. The molecule has 3 aromatic carbocycles. The second-order valence-corrected chi connectivity index (χ2v) is 9.01. The molecule has 5 heteroatoms. The molecule has 0 unspecified atom stereocenters. The molecule has 0 aliphatic rings. The van der Waals surface area contributed by atoms with Gasteiger partial charge in [-0.2, -0.15) is 0 Å². The number of hydrogen-bond acceptors (Lipinski definition) is 3. The standard InChI is InChI=1S/C31H35N3O2/c1-5-7-11-23-14-16-25(17-15-23)28-29(34(6-2)30(33-28)26-12-9-8-10-13-26)31(35)32-22(3)24-18-20-27(36-4)21-19-24/h8-10,12-22H,5-7,11H2,1-4H3,(H,32,35)/t22-/m0/s1. The van der Waals surface area contributed by atoms with Gasteiger partial charge in [-0.15, -0.1) is 0 Å². The minimum Gasteiger partial charge on any atom is -0.497 e. The molecule has 1 heterocycles. The summed E-state index contributed by atoms with van der Waals surface area (Å²) in [5, 5.41) is 3.20. The molecule has 0 radical (unpaired) electrons. The first kappa shape index (κ1) is 25.2. The lowest BCUT2D eigenvalue weighted by atomic mass is 10.0. The Bertz CT molecular complexity index is 1280. The Morgan fingerprint density at radius 1 is 0.944 bits per heavy atom. The molecule has 1 amide bonds. The van der Waals surface area contributed by atoms with Gasteiger partial charge in [-0.05, 0) is 49.9 Å². The van der Waals surface area contributed by atoms with Gasteiger partial charge in [0.2, 0.25) is 0 Å². The Morgan fingerprint density at radius 3 is 2.25 bits per heavy atom. The highest BCUT2D eigenvalue weighted by Gasteiger charge is 2.25. The summed E-state index contributed by atoms with van der Waals surface area (Å²) in [7, 11) is 1.65. The summed E-state index contributed by atoms with van der Waals surface area (Å²) in [5.74, 6) is 1.45. The van der Waals surface area contributed by atoms with E-state index in [4.69, 9.17) is 9.72 Å². The molecule has 0 bridgehead atoms. The summed E-state index contributed by atoms with van der Waals surface area (Å²) in [5.41, 5.74) is 5.54. The lowest BCUT2D eigenvalue weighted by molar-refractivity contribution is 0.0931. The smallest absolute Gasteiger partial charge is 0.270 e. The molecule has 1 aromatic heterocycles. The molecule has 0 spiro atoms. The van der Waals surface area contributed by atoms with Crippen molar-refractivity contribution in [3.05, 3.63) is 95.7 Å². The van der Waals surface area contributed by atoms with Gasteiger partial charge in [0.1, 0.15) is 23.0 Å². The molecule has 0 aliphatic heterocycles. The number of ether oxygens (including phenoxy) is 1. The maximum Gasteiger partial charge on any atom is 0.270 e.